The lowest BCUT2D eigenvalue weighted by atomic mass is 9.76. The van der Waals surface area contributed by atoms with Gasteiger partial charge in [0.1, 0.15) is 0 Å². The minimum absolute atomic E-state index is 0.208. The van der Waals surface area contributed by atoms with E-state index < -0.39 is 23.9 Å². The van der Waals surface area contributed by atoms with Crippen LogP contribution in [0.25, 0.3) is 0 Å². The average molecular weight is 437 g/mol. The van der Waals surface area contributed by atoms with E-state index in [0.29, 0.717) is 12.0 Å². The van der Waals surface area contributed by atoms with E-state index in [9.17, 15) is 8.42 Å². The van der Waals surface area contributed by atoms with Gasteiger partial charge in [0, 0.05) is 0 Å². The number of nitrogens with one attached hydrogen (secondary N) is 1. The Bertz CT molecular complexity index is 876. The van der Waals surface area contributed by atoms with Crippen LogP contribution in [0.2, 0.25) is 18.6 Å². The smallest absolute Gasteiger partial charge is 0.276 e. The third-order valence-corrected chi connectivity index (χ3v) is 11.2. The van der Waals surface area contributed by atoms with Gasteiger partial charge in [-0.25, -0.2) is 4.83 Å². The molecule has 7 heteroatoms. The van der Waals surface area contributed by atoms with Crippen molar-refractivity contribution in [3.8, 4) is 0 Å². The van der Waals surface area contributed by atoms with Gasteiger partial charge in [0.25, 0.3) is 10.0 Å². The Labute approximate surface area is 177 Å². The van der Waals surface area contributed by atoms with Crippen LogP contribution in [0.5, 0.6) is 0 Å². The molecule has 1 aliphatic carbocycles. The Morgan fingerprint density at radius 3 is 2.41 bits per heavy atom. The molecule has 0 saturated heterocycles. The number of nitrogens with zero attached hydrogens (tertiary/aromatic N) is 1. The Morgan fingerprint density at radius 1 is 1.31 bits per heavy atom. The van der Waals surface area contributed by atoms with Gasteiger partial charge in [-0.15, -0.1) is 0 Å². The second kappa shape index (κ2) is 8.74. The predicted molar refractivity (Wildman–Crippen MR) is 123 cm³/mol. The molecule has 0 heterocycles. The molecule has 1 aromatic carbocycles. The maximum absolute atomic E-state index is 12.7. The minimum Gasteiger partial charge on any atom is -0.407 e. The first-order valence-electron chi connectivity index (χ1n) is 10.3. The van der Waals surface area contributed by atoms with Gasteiger partial charge in [-0.1, -0.05) is 43.7 Å². The quantitative estimate of drug-likeness (QED) is 0.354. The number of aryl methyl sites for hydroxylation is 1. The molecule has 162 valence electrons. The van der Waals surface area contributed by atoms with E-state index in [4.69, 9.17) is 4.43 Å². The van der Waals surface area contributed by atoms with Gasteiger partial charge >= 0.3 is 0 Å². The van der Waals surface area contributed by atoms with Crippen LogP contribution in [0.3, 0.4) is 0 Å². The summed E-state index contributed by atoms with van der Waals surface area (Å²) >= 11 is 0. The first kappa shape index (κ1) is 23.8. The van der Waals surface area contributed by atoms with E-state index in [1.54, 1.807) is 24.3 Å². The molecular formula is C22H36N2O3SSi. The van der Waals surface area contributed by atoms with Crippen molar-refractivity contribution in [2.75, 3.05) is 0 Å². The first-order valence-corrected chi connectivity index (χ1v) is 14.7. The molecule has 1 N–H and O–H groups in total. The van der Waals surface area contributed by atoms with Crippen LogP contribution in [-0.2, 0) is 14.4 Å². The van der Waals surface area contributed by atoms with E-state index in [-0.39, 0.29) is 10.8 Å². The SMILES string of the molecule is C=C(C)[C@H]1CC[C@@](C)(O[Si](C)(C)C(C)C)/C(=N/NS(=O)(=O)c2ccc(C)cc2)C1. The molecule has 1 fully saturated rings. The molecule has 0 spiro atoms. The van der Waals surface area contributed by atoms with E-state index in [1.165, 1.54) is 0 Å². The summed E-state index contributed by atoms with van der Waals surface area (Å²) < 4.78 is 32.2. The molecule has 29 heavy (non-hydrogen) atoms. The molecule has 0 aliphatic heterocycles. The van der Waals surface area contributed by atoms with Crippen LogP contribution in [0, 0.1) is 12.8 Å². The lowest BCUT2D eigenvalue weighted by Gasteiger charge is -2.44. The highest BCUT2D eigenvalue weighted by molar-refractivity contribution is 7.89. The number of sulfonamides is 1. The first-order chi connectivity index (χ1) is 13.3. The van der Waals surface area contributed by atoms with Gasteiger partial charge in [0.05, 0.1) is 16.2 Å². The largest absolute Gasteiger partial charge is 0.407 e. The van der Waals surface area contributed by atoms with Crippen LogP contribution in [0.4, 0.5) is 0 Å². The maximum atomic E-state index is 12.7. The molecule has 2 atom stereocenters. The third kappa shape index (κ3) is 5.80. The van der Waals surface area contributed by atoms with Crippen molar-refractivity contribution >= 4 is 24.1 Å². The summed E-state index contributed by atoms with van der Waals surface area (Å²) in [6.07, 6.45) is 2.43. The Hall–Kier alpha value is -1.44. The van der Waals surface area contributed by atoms with Crippen LogP contribution in [-0.4, -0.2) is 28.0 Å². The molecule has 0 amide bonds. The summed E-state index contributed by atoms with van der Waals surface area (Å²) in [5.74, 6) is 0.290. The molecule has 0 radical (unpaired) electrons. The summed E-state index contributed by atoms with van der Waals surface area (Å²) in [4.78, 5) is 2.67. The highest BCUT2D eigenvalue weighted by atomic mass is 32.2. The van der Waals surface area contributed by atoms with Crippen molar-refractivity contribution in [2.24, 2.45) is 11.0 Å². The molecule has 0 bridgehead atoms. The maximum Gasteiger partial charge on any atom is 0.276 e. The van der Waals surface area contributed by atoms with Gasteiger partial charge < -0.3 is 4.43 Å². The highest BCUT2D eigenvalue weighted by Crippen LogP contribution is 2.39. The van der Waals surface area contributed by atoms with Crippen LogP contribution < -0.4 is 4.83 Å². The molecule has 2 rings (SSSR count). The number of hydrazone groups is 1. The third-order valence-electron chi connectivity index (χ3n) is 6.23. The van der Waals surface area contributed by atoms with Crippen molar-refractivity contribution in [3.63, 3.8) is 0 Å². The predicted octanol–water partition coefficient (Wildman–Crippen LogP) is 5.40. The number of hydrogen-bond acceptors (Lipinski definition) is 4. The lowest BCUT2D eigenvalue weighted by Crippen LogP contribution is -2.52. The number of benzene rings is 1. The molecule has 1 saturated carbocycles. The van der Waals surface area contributed by atoms with Gasteiger partial charge in [0.2, 0.25) is 0 Å². The second-order valence-electron chi connectivity index (χ2n) is 9.34. The van der Waals surface area contributed by atoms with Crippen molar-refractivity contribution in [3.05, 3.63) is 42.0 Å². The van der Waals surface area contributed by atoms with Gasteiger partial charge in [0.15, 0.2) is 8.32 Å². The van der Waals surface area contributed by atoms with Crippen LogP contribution in [0.15, 0.2) is 46.4 Å². The lowest BCUT2D eigenvalue weighted by molar-refractivity contribution is 0.115. The summed E-state index contributed by atoms with van der Waals surface area (Å²) in [6, 6.07) is 6.76. The molecule has 0 unspecified atom stereocenters. The summed E-state index contributed by atoms with van der Waals surface area (Å²) in [7, 11) is -5.69. The number of rotatable bonds is 7. The zero-order valence-corrected chi connectivity index (χ0v) is 20.7. The van der Waals surface area contributed by atoms with Crippen molar-refractivity contribution < 1.29 is 12.8 Å². The molecule has 5 nitrogen and oxygen atoms in total. The van der Waals surface area contributed by atoms with E-state index in [0.717, 1.165) is 29.7 Å². The van der Waals surface area contributed by atoms with Crippen molar-refractivity contribution in [2.45, 2.75) is 83.0 Å². The summed E-state index contributed by atoms with van der Waals surface area (Å²) in [6.45, 7) is 18.9. The number of hydrogen-bond donors (Lipinski definition) is 1. The topological polar surface area (TPSA) is 67.8 Å². The van der Waals surface area contributed by atoms with Crippen molar-refractivity contribution in [1.82, 2.24) is 4.83 Å². The average Bonchev–Trinajstić information content (AvgIpc) is 2.60. The zero-order chi connectivity index (χ0) is 22.0. The van der Waals surface area contributed by atoms with Gasteiger partial charge in [-0.2, -0.15) is 13.5 Å². The van der Waals surface area contributed by atoms with Gasteiger partial charge in [-0.3, -0.25) is 0 Å². The van der Waals surface area contributed by atoms with Gasteiger partial charge in [-0.05, 0) is 76.7 Å². The fourth-order valence-electron chi connectivity index (χ4n) is 3.42. The Morgan fingerprint density at radius 2 is 1.90 bits per heavy atom. The monoisotopic (exact) mass is 436 g/mol. The normalized spacial score (nSPS) is 24.7. The molecule has 1 aromatic rings. The Balaban J connectivity index is 2.35. The van der Waals surface area contributed by atoms with E-state index >= 15 is 0 Å². The van der Waals surface area contributed by atoms with E-state index in [2.05, 4.69) is 50.4 Å². The minimum atomic E-state index is -3.73. The van der Waals surface area contributed by atoms with Crippen LogP contribution in [0.1, 0.15) is 52.5 Å². The molecule has 1 aliphatic rings. The standard InChI is InChI=1S/C22H36N2O3SSi/c1-16(2)19-13-14-22(6,27-29(7,8)17(3)4)21(15-19)23-24-28(25,26)20-11-9-18(5)10-12-20/h9-12,17,19,24H,1,13-15H2,2-8H3/b23-21+/t19-,22+/m0/s1. The fraction of sp³-hybridized carbons (Fsp3) is 0.591. The summed E-state index contributed by atoms with van der Waals surface area (Å²) in [5, 5.41) is 4.42. The summed E-state index contributed by atoms with van der Waals surface area (Å²) in [5.41, 5.74) is 2.74. The van der Waals surface area contributed by atoms with E-state index in [1.807, 2.05) is 13.8 Å². The van der Waals surface area contributed by atoms with Crippen molar-refractivity contribution in [1.29, 1.82) is 0 Å². The number of allylic oxidation sites excluding steroid dienone is 1. The molecular weight excluding hydrogens is 400 g/mol. The fourth-order valence-corrected chi connectivity index (χ4v) is 5.87. The second-order valence-corrected chi connectivity index (χ2v) is 15.6. The van der Waals surface area contributed by atoms with Crippen LogP contribution >= 0.6 is 0 Å². The zero-order valence-electron chi connectivity index (χ0n) is 18.9. The highest BCUT2D eigenvalue weighted by Gasteiger charge is 2.43. The Kier molecular flexibility index (Phi) is 7.18. The molecule has 0 aromatic heterocycles.